The van der Waals surface area contributed by atoms with Crippen LogP contribution in [0, 0.1) is 17.1 Å². The van der Waals surface area contributed by atoms with E-state index in [0.29, 0.717) is 31.3 Å². The van der Waals surface area contributed by atoms with Gasteiger partial charge in [-0.25, -0.2) is 4.39 Å². The molecule has 0 atom stereocenters. The first-order chi connectivity index (χ1) is 16.4. The highest BCUT2D eigenvalue weighted by atomic mass is 19.1. The van der Waals surface area contributed by atoms with Gasteiger partial charge in [0.1, 0.15) is 18.9 Å². The van der Waals surface area contributed by atoms with E-state index in [9.17, 15) is 14.0 Å². The van der Waals surface area contributed by atoms with Gasteiger partial charge in [0.25, 0.3) is 0 Å². The number of esters is 1. The molecule has 4 rings (SSSR count). The van der Waals surface area contributed by atoms with E-state index in [1.807, 2.05) is 11.0 Å². The highest BCUT2D eigenvalue weighted by Gasteiger charge is 2.31. The molecule has 0 aliphatic carbocycles. The molecule has 0 unspecified atom stereocenters. The van der Waals surface area contributed by atoms with Crippen LogP contribution in [0.3, 0.4) is 0 Å². The number of pyridine rings is 1. The van der Waals surface area contributed by atoms with Crippen LogP contribution in [0.1, 0.15) is 24.8 Å². The van der Waals surface area contributed by atoms with Gasteiger partial charge < -0.3 is 30.0 Å². The number of nitrogens with zero attached hydrogens (tertiary/aromatic N) is 2. The molecule has 1 aromatic carbocycles. The number of piperidine rings is 1. The van der Waals surface area contributed by atoms with E-state index in [-0.39, 0.29) is 36.1 Å². The molecule has 10 heteroatoms. The first-order valence-corrected chi connectivity index (χ1v) is 11.4. The van der Waals surface area contributed by atoms with E-state index < -0.39 is 11.8 Å². The summed E-state index contributed by atoms with van der Waals surface area (Å²) in [6, 6.07) is 8.42. The molecule has 0 amide bonds. The second-order valence-corrected chi connectivity index (χ2v) is 8.81. The molecule has 4 N–H and O–H groups in total. The fourth-order valence-electron chi connectivity index (χ4n) is 4.26. The molecular weight excluding hydrogens is 441 g/mol. The van der Waals surface area contributed by atoms with Crippen molar-refractivity contribution in [3.05, 3.63) is 58.3 Å². The largest absolute Gasteiger partial charge is 0.460 e. The average molecular weight is 472 g/mol. The summed E-state index contributed by atoms with van der Waals surface area (Å²) >= 11 is 0. The summed E-state index contributed by atoms with van der Waals surface area (Å²) in [6.45, 7) is 3.56. The Kier molecular flexibility index (Phi) is 7.46. The molecule has 3 heterocycles. The maximum atomic E-state index is 14.9. The molecule has 1 aromatic heterocycles. The highest BCUT2D eigenvalue weighted by molar-refractivity contribution is 5.94. The number of anilines is 2. The van der Waals surface area contributed by atoms with Crippen molar-refractivity contribution < 1.29 is 18.7 Å². The van der Waals surface area contributed by atoms with Crippen molar-refractivity contribution in [1.29, 1.82) is 5.41 Å². The maximum absolute atomic E-state index is 14.9. The number of carbonyl (C=O) groups is 1. The summed E-state index contributed by atoms with van der Waals surface area (Å²) in [4.78, 5) is 29.7. The van der Waals surface area contributed by atoms with Crippen molar-refractivity contribution >= 4 is 23.2 Å². The van der Waals surface area contributed by atoms with Gasteiger partial charge in [-0.15, -0.1) is 0 Å². The number of carbonyl (C=O) groups excluding carboxylic acids is 1. The molecule has 34 heavy (non-hydrogen) atoms. The molecular formula is C24H30FN5O4. The van der Waals surface area contributed by atoms with E-state index >= 15 is 0 Å². The fourth-order valence-corrected chi connectivity index (χ4v) is 4.26. The van der Waals surface area contributed by atoms with E-state index in [1.54, 1.807) is 30.5 Å². The summed E-state index contributed by atoms with van der Waals surface area (Å²) < 4.78 is 26.0. The number of aromatic nitrogens is 1. The lowest BCUT2D eigenvalue weighted by Gasteiger charge is -2.42. The van der Waals surface area contributed by atoms with Gasteiger partial charge in [-0.3, -0.25) is 15.0 Å². The minimum Gasteiger partial charge on any atom is -0.460 e. The van der Waals surface area contributed by atoms with Crippen LogP contribution in [0.2, 0.25) is 0 Å². The smallest absolute Gasteiger partial charge is 0.313 e. The number of hydrogen-bond acceptors (Lipinski definition) is 7. The minimum atomic E-state index is -0.653. The van der Waals surface area contributed by atoms with Crippen molar-refractivity contribution in [2.45, 2.75) is 32.0 Å². The molecule has 2 fully saturated rings. The molecule has 9 nitrogen and oxygen atoms in total. The Labute approximate surface area is 197 Å². The second kappa shape index (κ2) is 10.7. The van der Waals surface area contributed by atoms with Crippen LogP contribution in [0.15, 0.2) is 41.3 Å². The van der Waals surface area contributed by atoms with Gasteiger partial charge in [0.05, 0.1) is 24.1 Å². The molecule has 0 radical (unpaired) electrons. The minimum absolute atomic E-state index is 0.0636. The summed E-state index contributed by atoms with van der Waals surface area (Å²) in [5.41, 5.74) is 6.87. The summed E-state index contributed by atoms with van der Waals surface area (Å²) in [6.07, 6.45) is 3.56. The van der Waals surface area contributed by atoms with Crippen molar-refractivity contribution in [1.82, 2.24) is 4.98 Å². The summed E-state index contributed by atoms with van der Waals surface area (Å²) in [7, 11) is 0. The van der Waals surface area contributed by atoms with E-state index in [4.69, 9.17) is 20.6 Å². The highest BCUT2D eigenvalue weighted by Crippen LogP contribution is 2.29. The Morgan fingerprint density at radius 2 is 1.94 bits per heavy atom. The first kappa shape index (κ1) is 23.7. The Morgan fingerprint density at radius 1 is 1.18 bits per heavy atom. The van der Waals surface area contributed by atoms with Gasteiger partial charge in [0, 0.05) is 44.0 Å². The molecule has 0 bridgehead atoms. The lowest BCUT2D eigenvalue weighted by atomic mass is 9.97. The van der Waals surface area contributed by atoms with Crippen molar-refractivity contribution in [2.75, 3.05) is 42.6 Å². The van der Waals surface area contributed by atoms with Crippen LogP contribution < -0.4 is 21.1 Å². The van der Waals surface area contributed by atoms with Gasteiger partial charge in [-0.05, 0) is 30.9 Å². The fraction of sp³-hybridized carbons (Fsp3) is 0.458. The summed E-state index contributed by atoms with van der Waals surface area (Å²) in [5, 5.41) is 7.11. The predicted molar refractivity (Wildman–Crippen MR) is 127 cm³/mol. The van der Waals surface area contributed by atoms with Gasteiger partial charge >= 0.3 is 5.97 Å². The number of amidine groups is 1. The third-order valence-corrected chi connectivity index (χ3v) is 6.29. The number of ether oxygens (including phenoxy) is 2. The van der Waals surface area contributed by atoms with Crippen LogP contribution in [-0.4, -0.2) is 55.7 Å². The Morgan fingerprint density at radius 3 is 2.62 bits per heavy atom. The lowest BCUT2D eigenvalue weighted by Crippen LogP contribution is -2.53. The maximum Gasteiger partial charge on any atom is 0.313 e. The zero-order chi connectivity index (χ0) is 24.1. The Hall–Kier alpha value is -3.40. The number of benzene rings is 1. The number of hydrogen-bond donors (Lipinski definition) is 3. The molecule has 2 aliphatic rings. The second-order valence-electron chi connectivity index (χ2n) is 8.81. The van der Waals surface area contributed by atoms with Crippen molar-refractivity contribution in [3.8, 4) is 0 Å². The van der Waals surface area contributed by atoms with Crippen LogP contribution in [0.25, 0.3) is 0 Å². The van der Waals surface area contributed by atoms with E-state index in [2.05, 4.69) is 9.88 Å². The van der Waals surface area contributed by atoms with Crippen LogP contribution in [0.4, 0.5) is 15.8 Å². The van der Waals surface area contributed by atoms with E-state index in [1.165, 1.54) is 0 Å². The van der Waals surface area contributed by atoms with Crippen LogP contribution in [0.5, 0.6) is 0 Å². The van der Waals surface area contributed by atoms with Crippen molar-refractivity contribution in [2.24, 2.45) is 11.7 Å². The van der Waals surface area contributed by atoms with Crippen molar-refractivity contribution in [3.63, 3.8) is 0 Å². The zero-order valence-electron chi connectivity index (χ0n) is 19.0. The number of halogens is 1. The Balaban J connectivity index is 1.19. The Bertz CT molecular complexity index is 1060. The SMILES string of the molecule is N=C(N)CC(=O)OCc1cccc(N2CC(OCC3CCN(c4ccc(=O)[nH]c4)CC3)C2)c1F. The van der Waals surface area contributed by atoms with E-state index in [0.717, 1.165) is 31.6 Å². The van der Waals surface area contributed by atoms with Gasteiger partial charge in [0.2, 0.25) is 5.56 Å². The number of H-pyrrole nitrogens is 1. The predicted octanol–water partition coefficient (Wildman–Crippen LogP) is 2.01. The molecule has 0 saturated carbocycles. The summed E-state index contributed by atoms with van der Waals surface area (Å²) in [5.74, 6) is -0.867. The number of nitrogens with two attached hydrogens (primary N) is 1. The number of nitrogens with one attached hydrogen (secondary N) is 2. The first-order valence-electron chi connectivity index (χ1n) is 11.4. The standard InChI is InChI=1S/C24H30FN5O4/c25-24-17(15-34-23(32)10-21(26)27)2-1-3-20(24)30-12-19(13-30)33-14-16-6-8-29(9-7-16)18-4-5-22(31)28-11-18/h1-5,11,16,19H,6-10,12-15H2,(H3,26,27)(H,28,31). The number of aromatic amines is 1. The molecule has 2 aliphatic heterocycles. The third-order valence-electron chi connectivity index (χ3n) is 6.29. The normalized spacial score (nSPS) is 16.9. The molecule has 0 spiro atoms. The van der Waals surface area contributed by atoms with Gasteiger partial charge in [-0.1, -0.05) is 12.1 Å². The topological polar surface area (TPSA) is 125 Å². The quantitative estimate of drug-likeness (QED) is 0.290. The zero-order valence-corrected chi connectivity index (χ0v) is 19.0. The number of rotatable bonds is 9. The molecule has 2 aromatic rings. The monoisotopic (exact) mass is 471 g/mol. The van der Waals surface area contributed by atoms with Gasteiger partial charge in [-0.2, -0.15) is 0 Å². The van der Waals surface area contributed by atoms with Gasteiger partial charge in [0.15, 0.2) is 5.82 Å². The van der Waals surface area contributed by atoms with Crippen LogP contribution >= 0.6 is 0 Å². The molecule has 182 valence electrons. The molecule has 2 saturated heterocycles. The van der Waals surface area contributed by atoms with Crippen LogP contribution in [-0.2, 0) is 20.9 Å². The average Bonchev–Trinajstić information content (AvgIpc) is 2.79. The third kappa shape index (κ3) is 5.93. The lowest BCUT2D eigenvalue weighted by molar-refractivity contribution is -0.143.